The molecule has 0 amide bonds. The van der Waals surface area contributed by atoms with Crippen LogP contribution in [0.4, 0.5) is 0 Å². The number of hydrogen-bond acceptors (Lipinski definition) is 4. The van der Waals surface area contributed by atoms with E-state index >= 15 is 0 Å². The lowest BCUT2D eigenvalue weighted by Crippen LogP contribution is -2.10. The van der Waals surface area contributed by atoms with Crippen molar-refractivity contribution in [3.05, 3.63) is 35.4 Å². The summed E-state index contributed by atoms with van der Waals surface area (Å²) in [5, 5.41) is 0.631. The number of hydrogen-bond donors (Lipinski definition) is 0. The first kappa shape index (κ1) is 17.5. The number of Topliss-reactive ketones (excluding diaryl/α,β-unsaturated/α-hetero) is 1. The number of carbonyl (C=O) groups is 1. The zero-order valence-corrected chi connectivity index (χ0v) is 15.5. The van der Waals surface area contributed by atoms with Crippen molar-refractivity contribution in [3.63, 3.8) is 0 Å². The average Bonchev–Trinajstić information content (AvgIpc) is 2.85. The number of rotatable bonds is 5. The van der Waals surface area contributed by atoms with Crippen molar-refractivity contribution >= 4 is 17.1 Å². The van der Waals surface area contributed by atoms with Gasteiger partial charge in [-0.2, -0.15) is 0 Å². The van der Waals surface area contributed by atoms with E-state index in [1.54, 1.807) is 14.0 Å². The Kier molecular flexibility index (Phi) is 5.15. The van der Waals surface area contributed by atoms with E-state index in [4.69, 9.17) is 9.47 Å². The van der Waals surface area contributed by atoms with E-state index in [2.05, 4.69) is 45.0 Å². The summed E-state index contributed by atoms with van der Waals surface area (Å²) in [5.74, 6) is 0.563. The molecular formula is C19H24O3S. The van der Waals surface area contributed by atoms with Crippen LogP contribution in [-0.4, -0.2) is 19.5 Å². The smallest absolute Gasteiger partial charge is 0.189 e. The van der Waals surface area contributed by atoms with Crippen LogP contribution >= 0.6 is 11.3 Å². The van der Waals surface area contributed by atoms with Gasteiger partial charge >= 0.3 is 0 Å². The Balaban J connectivity index is 2.54. The highest BCUT2D eigenvalue weighted by molar-refractivity contribution is 7.18. The van der Waals surface area contributed by atoms with Crippen molar-refractivity contribution in [2.24, 2.45) is 0 Å². The molecule has 3 nitrogen and oxygen atoms in total. The van der Waals surface area contributed by atoms with Crippen molar-refractivity contribution < 1.29 is 14.3 Å². The molecule has 124 valence electrons. The van der Waals surface area contributed by atoms with Crippen molar-refractivity contribution in [1.29, 1.82) is 0 Å². The van der Waals surface area contributed by atoms with Crippen LogP contribution in [0.1, 0.15) is 50.5 Å². The van der Waals surface area contributed by atoms with Gasteiger partial charge in [0.2, 0.25) is 0 Å². The zero-order valence-electron chi connectivity index (χ0n) is 14.6. The van der Waals surface area contributed by atoms with Crippen molar-refractivity contribution in [3.8, 4) is 21.3 Å². The third kappa shape index (κ3) is 3.58. The van der Waals surface area contributed by atoms with Gasteiger partial charge in [-0.1, -0.05) is 56.4 Å². The van der Waals surface area contributed by atoms with E-state index in [0.29, 0.717) is 23.0 Å². The Bertz CT molecular complexity index is 691. The fourth-order valence-corrected chi connectivity index (χ4v) is 3.67. The standard InChI is InChI=1S/C19H24O3S/c1-7-22-18-15(12(2)20)16(21-6)17(23-18)13-8-10-14(11-9-13)19(3,4)5/h8-11H,7H2,1-6H3. The summed E-state index contributed by atoms with van der Waals surface area (Å²) in [7, 11) is 1.59. The molecule has 0 bridgehead atoms. The molecule has 2 rings (SSSR count). The summed E-state index contributed by atoms with van der Waals surface area (Å²) in [6.07, 6.45) is 0. The summed E-state index contributed by atoms with van der Waals surface area (Å²) < 4.78 is 11.2. The zero-order chi connectivity index (χ0) is 17.2. The quantitative estimate of drug-likeness (QED) is 0.695. The molecular weight excluding hydrogens is 308 g/mol. The highest BCUT2D eigenvalue weighted by Crippen LogP contribution is 2.47. The van der Waals surface area contributed by atoms with Crippen LogP contribution in [0, 0.1) is 0 Å². The van der Waals surface area contributed by atoms with Crippen LogP contribution in [0.2, 0.25) is 0 Å². The summed E-state index contributed by atoms with van der Waals surface area (Å²) in [6.45, 7) is 10.5. The van der Waals surface area contributed by atoms with E-state index in [9.17, 15) is 4.79 Å². The lowest BCUT2D eigenvalue weighted by atomic mass is 9.86. The van der Waals surface area contributed by atoms with Gasteiger partial charge in [0.15, 0.2) is 16.6 Å². The second-order valence-electron chi connectivity index (χ2n) is 6.44. The summed E-state index contributed by atoms with van der Waals surface area (Å²) >= 11 is 1.46. The van der Waals surface area contributed by atoms with Crippen LogP contribution in [0.15, 0.2) is 24.3 Å². The monoisotopic (exact) mass is 332 g/mol. The molecule has 0 saturated heterocycles. The van der Waals surface area contributed by atoms with Gasteiger partial charge in [-0.15, -0.1) is 0 Å². The maximum atomic E-state index is 12.0. The molecule has 1 aromatic carbocycles. The molecule has 0 radical (unpaired) electrons. The lowest BCUT2D eigenvalue weighted by molar-refractivity contribution is 0.101. The molecule has 4 heteroatoms. The number of carbonyl (C=O) groups excluding carboxylic acids is 1. The van der Waals surface area contributed by atoms with E-state index in [1.165, 1.54) is 16.9 Å². The Morgan fingerprint density at radius 1 is 1.17 bits per heavy atom. The average molecular weight is 332 g/mol. The fraction of sp³-hybridized carbons (Fsp3) is 0.421. The molecule has 2 aromatic rings. The summed E-state index contributed by atoms with van der Waals surface area (Å²) in [6, 6.07) is 8.41. The van der Waals surface area contributed by atoms with Gasteiger partial charge in [0.25, 0.3) is 0 Å². The highest BCUT2D eigenvalue weighted by atomic mass is 32.1. The van der Waals surface area contributed by atoms with Crippen LogP contribution < -0.4 is 9.47 Å². The molecule has 0 N–H and O–H groups in total. The van der Waals surface area contributed by atoms with Crippen LogP contribution in [-0.2, 0) is 5.41 Å². The number of thiophene rings is 1. The summed E-state index contributed by atoms with van der Waals surface area (Å²) in [4.78, 5) is 12.9. The number of methoxy groups -OCH3 is 1. The Labute approximate surface area is 142 Å². The summed E-state index contributed by atoms with van der Waals surface area (Å²) in [5.41, 5.74) is 2.95. The topological polar surface area (TPSA) is 35.5 Å². The molecule has 0 atom stereocenters. The predicted octanol–water partition coefficient (Wildman–Crippen LogP) is 5.32. The largest absolute Gasteiger partial charge is 0.494 e. The van der Waals surface area contributed by atoms with Gasteiger partial charge in [0.05, 0.1) is 18.6 Å². The van der Waals surface area contributed by atoms with Crippen molar-refractivity contribution in [2.75, 3.05) is 13.7 Å². The SMILES string of the molecule is CCOc1sc(-c2ccc(C(C)(C)C)cc2)c(OC)c1C(C)=O. The minimum Gasteiger partial charge on any atom is -0.494 e. The van der Waals surface area contributed by atoms with Gasteiger partial charge < -0.3 is 9.47 Å². The number of benzene rings is 1. The fourth-order valence-electron chi connectivity index (χ4n) is 2.44. The van der Waals surface area contributed by atoms with Crippen LogP contribution in [0.3, 0.4) is 0 Å². The van der Waals surface area contributed by atoms with Gasteiger partial charge in [-0.25, -0.2) is 0 Å². The lowest BCUT2D eigenvalue weighted by Gasteiger charge is -2.19. The first-order valence-corrected chi connectivity index (χ1v) is 8.56. The molecule has 0 saturated carbocycles. The predicted molar refractivity (Wildman–Crippen MR) is 96.2 cm³/mol. The minimum absolute atomic E-state index is 0.0425. The second kappa shape index (κ2) is 6.75. The molecule has 0 unspecified atom stereocenters. The van der Waals surface area contributed by atoms with E-state index in [0.717, 1.165) is 10.4 Å². The maximum absolute atomic E-state index is 12.0. The number of ketones is 1. The Morgan fingerprint density at radius 2 is 1.78 bits per heavy atom. The van der Waals surface area contributed by atoms with Gasteiger partial charge in [-0.05, 0) is 30.4 Å². The molecule has 0 spiro atoms. The molecule has 23 heavy (non-hydrogen) atoms. The maximum Gasteiger partial charge on any atom is 0.189 e. The Morgan fingerprint density at radius 3 is 2.22 bits per heavy atom. The van der Waals surface area contributed by atoms with Crippen LogP contribution in [0.5, 0.6) is 10.8 Å². The second-order valence-corrected chi connectivity index (χ2v) is 7.43. The van der Waals surface area contributed by atoms with Crippen molar-refractivity contribution in [2.45, 2.75) is 40.0 Å². The van der Waals surface area contributed by atoms with Gasteiger partial charge in [0, 0.05) is 0 Å². The van der Waals surface area contributed by atoms with E-state index in [-0.39, 0.29) is 11.2 Å². The van der Waals surface area contributed by atoms with Gasteiger partial charge in [-0.3, -0.25) is 4.79 Å². The van der Waals surface area contributed by atoms with Gasteiger partial charge in [0.1, 0.15) is 5.56 Å². The molecule has 0 aliphatic heterocycles. The molecule has 1 heterocycles. The Hall–Kier alpha value is -1.81. The van der Waals surface area contributed by atoms with E-state index < -0.39 is 0 Å². The third-order valence-corrected chi connectivity index (χ3v) is 4.81. The molecule has 1 aromatic heterocycles. The third-order valence-electron chi connectivity index (χ3n) is 3.68. The molecule has 0 fully saturated rings. The first-order valence-electron chi connectivity index (χ1n) is 7.75. The highest BCUT2D eigenvalue weighted by Gasteiger charge is 2.24. The molecule has 0 aliphatic carbocycles. The number of ether oxygens (including phenoxy) is 2. The van der Waals surface area contributed by atoms with E-state index in [1.807, 2.05) is 6.92 Å². The molecule has 0 aliphatic rings. The van der Waals surface area contributed by atoms with Crippen LogP contribution in [0.25, 0.3) is 10.4 Å². The minimum atomic E-state index is -0.0425. The van der Waals surface area contributed by atoms with Crippen molar-refractivity contribution in [1.82, 2.24) is 0 Å². The normalized spacial score (nSPS) is 11.4. The first-order chi connectivity index (χ1) is 10.8.